The zero-order valence-corrected chi connectivity index (χ0v) is 11.0. The topological polar surface area (TPSA) is 28.3 Å². The Morgan fingerprint density at radius 3 is 3.00 bits per heavy atom. The van der Waals surface area contributed by atoms with Crippen molar-refractivity contribution in [3.63, 3.8) is 0 Å². The summed E-state index contributed by atoms with van der Waals surface area (Å²) in [6, 6.07) is 8.95. The van der Waals surface area contributed by atoms with Crippen LogP contribution in [-0.2, 0) is 0 Å². The molecule has 1 fully saturated rings. The molecule has 1 aromatic carbocycles. The maximum Gasteiger partial charge on any atom is 0.120 e. The molecule has 1 aliphatic heterocycles. The first kappa shape index (κ1) is 11.6. The monoisotopic (exact) mass is 244 g/mol. The summed E-state index contributed by atoms with van der Waals surface area (Å²) in [7, 11) is 0. The molecule has 2 aromatic rings. The molecule has 1 atom stereocenters. The highest BCUT2D eigenvalue weighted by atomic mass is 16.5. The van der Waals surface area contributed by atoms with Gasteiger partial charge in [0.05, 0.1) is 0 Å². The van der Waals surface area contributed by atoms with Gasteiger partial charge in [-0.15, -0.1) is 0 Å². The summed E-state index contributed by atoms with van der Waals surface area (Å²) in [5, 5.41) is 1.21. The third-order valence-corrected chi connectivity index (χ3v) is 3.73. The molecule has 96 valence electrons. The maximum atomic E-state index is 6.08. The molecule has 3 nitrogen and oxygen atoms in total. The van der Waals surface area contributed by atoms with Gasteiger partial charge in [-0.1, -0.05) is 0 Å². The lowest BCUT2D eigenvalue weighted by molar-refractivity contribution is 0.187. The van der Waals surface area contributed by atoms with Crippen molar-refractivity contribution in [3.05, 3.63) is 30.5 Å². The van der Waals surface area contributed by atoms with E-state index in [1.54, 1.807) is 0 Å². The van der Waals surface area contributed by atoms with Crippen LogP contribution in [0, 0.1) is 0 Å². The summed E-state index contributed by atoms with van der Waals surface area (Å²) in [6.45, 7) is 6.68. The van der Waals surface area contributed by atoms with Gasteiger partial charge < -0.3 is 9.72 Å². The number of benzene rings is 1. The number of aromatic nitrogens is 1. The van der Waals surface area contributed by atoms with E-state index in [4.69, 9.17) is 4.74 Å². The Morgan fingerprint density at radius 1 is 1.33 bits per heavy atom. The molecule has 0 aliphatic carbocycles. The average molecular weight is 244 g/mol. The van der Waals surface area contributed by atoms with Crippen LogP contribution in [0.3, 0.4) is 0 Å². The van der Waals surface area contributed by atoms with Gasteiger partial charge >= 0.3 is 0 Å². The number of nitrogens with zero attached hydrogens (tertiary/aromatic N) is 1. The summed E-state index contributed by atoms with van der Waals surface area (Å²) in [5.74, 6) is 0.984. The Balaban J connectivity index is 1.69. The maximum absolute atomic E-state index is 6.08. The standard InChI is InChI=1S/C15H20N2O/c1-11(2)17-8-6-14(10-17)18-13-3-4-15-12(9-13)5-7-16-15/h3-5,7,9,11,14,16H,6,8,10H2,1-2H3/t14-/m1/s1. The van der Waals surface area contributed by atoms with Crippen LogP contribution < -0.4 is 4.74 Å². The number of aromatic amines is 1. The molecule has 3 heteroatoms. The largest absolute Gasteiger partial charge is 0.489 e. The van der Waals surface area contributed by atoms with Gasteiger partial charge in [0, 0.05) is 36.2 Å². The number of likely N-dealkylation sites (tertiary alicyclic amines) is 1. The molecule has 18 heavy (non-hydrogen) atoms. The molecule has 0 radical (unpaired) electrons. The van der Waals surface area contributed by atoms with E-state index in [1.807, 2.05) is 6.20 Å². The van der Waals surface area contributed by atoms with E-state index in [0.29, 0.717) is 12.1 Å². The number of nitrogens with one attached hydrogen (secondary N) is 1. The number of H-pyrrole nitrogens is 1. The Kier molecular flexibility index (Phi) is 3.00. The van der Waals surface area contributed by atoms with Crippen molar-refractivity contribution < 1.29 is 4.74 Å². The molecule has 2 heterocycles. The lowest BCUT2D eigenvalue weighted by Gasteiger charge is -2.20. The Hall–Kier alpha value is -1.48. The molecule has 1 aromatic heterocycles. The third kappa shape index (κ3) is 2.23. The average Bonchev–Trinajstić information content (AvgIpc) is 2.96. The zero-order chi connectivity index (χ0) is 12.5. The fourth-order valence-electron chi connectivity index (χ4n) is 2.62. The smallest absolute Gasteiger partial charge is 0.120 e. The minimum Gasteiger partial charge on any atom is -0.489 e. The van der Waals surface area contributed by atoms with Crippen molar-refractivity contribution in [3.8, 4) is 5.75 Å². The molecule has 0 bridgehead atoms. The summed E-state index contributed by atoms with van der Waals surface area (Å²) >= 11 is 0. The van der Waals surface area contributed by atoms with Gasteiger partial charge in [0.15, 0.2) is 0 Å². The molecular weight excluding hydrogens is 224 g/mol. The first-order valence-electron chi connectivity index (χ1n) is 6.70. The van der Waals surface area contributed by atoms with E-state index in [-0.39, 0.29) is 0 Å². The van der Waals surface area contributed by atoms with Crippen LogP contribution in [0.4, 0.5) is 0 Å². The van der Waals surface area contributed by atoms with Crippen molar-refractivity contribution in [2.75, 3.05) is 13.1 Å². The van der Waals surface area contributed by atoms with Crippen LogP contribution in [-0.4, -0.2) is 35.1 Å². The van der Waals surface area contributed by atoms with Crippen molar-refractivity contribution in [1.82, 2.24) is 9.88 Å². The SMILES string of the molecule is CC(C)N1CC[C@@H](Oc2ccc3[nH]ccc3c2)C1. The lowest BCUT2D eigenvalue weighted by atomic mass is 10.2. The third-order valence-electron chi connectivity index (χ3n) is 3.73. The van der Waals surface area contributed by atoms with Crippen molar-refractivity contribution in [1.29, 1.82) is 0 Å². The highest BCUT2D eigenvalue weighted by Crippen LogP contribution is 2.23. The molecule has 1 N–H and O–H groups in total. The summed E-state index contributed by atoms with van der Waals surface area (Å²) < 4.78 is 6.08. The number of rotatable bonds is 3. The van der Waals surface area contributed by atoms with Gasteiger partial charge in [-0.25, -0.2) is 0 Å². The number of hydrogen-bond acceptors (Lipinski definition) is 2. The number of hydrogen-bond donors (Lipinski definition) is 1. The Labute approximate surface area is 108 Å². The fraction of sp³-hybridized carbons (Fsp3) is 0.467. The summed E-state index contributed by atoms with van der Waals surface area (Å²) in [4.78, 5) is 5.67. The van der Waals surface area contributed by atoms with Crippen LogP contribution in [0.5, 0.6) is 5.75 Å². The van der Waals surface area contributed by atoms with Gasteiger partial charge in [-0.05, 0) is 44.5 Å². The van der Waals surface area contributed by atoms with E-state index in [0.717, 1.165) is 30.8 Å². The first-order chi connectivity index (χ1) is 8.72. The minimum absolute atomic E-state index is 0.337. The highest BCUT2D eigenvalue weighted by molar-refractivity contribution is 5.80. The molecule has 0 amide bonds. The second-order valence-corrected chi connectivity index (χ2v) is 5.34. The van der Waals surface area contributed by atoms with Crippen LogP contribution in [0.1, 0.15) is 20.3 Å². The predicted molar refractivity (Wildman–Crippen MR) is 74.0 cm³/mol. The number of ether oxygens (including phenoxy) is 1. The fourth-order valence-corrected chi connectivity index (χ4v) is 2.62. The quantitative estimate of drug-likeness (QED) is 0.899. The van der Waals surface area contributed by atoms with Crippen molar-refractivity contribution in [2.24, 2.45) is 0 Å². The van der Waals surface area contributed by atoms with E-state index in [2.05, 4.69) is 48.0 Å². The van der Waals surface area contributed by atoms with Crippen LogP contribution in [0.2, 0.25) is 0 Å². The predicted octanol–water partition coefficient (Wildman–Crippen LogP) is 3.03. The summed E-state index contributed by atoms with van der Waals surface area (Å²) in [5.41, 5.74) is 1.16. The van der Waals surface area contributed by atoms with E-state index in [1.165, 1.54) is 5.39 Å². The molecule has 0 unspecified atom stereocenters. The van der Waals surface area contributed by atoms with Gasteiger partial charge in [0.25, 0.3) is 0 Å². The van der Waals surface area contributed by atoms with Gasteiger partial charge in [0.2, 0.25) is 0 Å². The van der Waals surface area contributed by atoms with E-state index in [9.17, 15) is 0 Å². The second kappa shape index (κ2) is 4.65. The molecular formula is C15H20N2O. The van der Waals surface area contributed by atoms with Crippen LogP contribution >= 0.6 is 0 Å². The second-order valence-electron chi connectivity index (χ2n) is 5.34. The van der Waals surface area contributed by atoms with Gasteiger partial charge in [-0.2, -0.15) is 0 Å². The molecule has 3 rings (SSSR count). The van der Waals surface area contributed by atoms with Crippen molar-refractivity contribution in [2.45, 2.75) is 32.4 Å². The van der Waals surface area contributed by atoms with Gasteiger partial charge in [0.1, 0.15) is 11.9 Å². The van der Waals surface area contributed by atoms with Crippen molar-refractivity contribution >= 4 is 10.9 Å². The molecule has 0 spiro atoms. The zero-order valence-electron chi connectivity index (χ0n) is 11.0. The van der Waals surface area contributed by atoms with E-state index < -0.39 is 0 Å². The molecule has 1 aliphatic rings. The molecule has 0 saturated carbocycles. The van der Waals surface area contributed by atoms with Crippen LogP contribution in [0.25, 0.3) is 10.9 Å². The Morgan fingerprint density at radius 2 is 2.22 bits per heavy atom. The summed E-state index contributed by atoms with van der Waals surface area (Å²) in [6.07, 6.45) is 3.43. The lowest BCUT2D eigenvalue weighted by Crippen LogP contribution is -2.30. The normalized spacial score (nSPS) is 20.9. The minimum atomic E-state index is 0.337. The number of fused-ring (bicyclic) bond motifs is 1. The molecule has 1 saturated heterocycles. The first-order valence-corrected chi connectivity index (χ1v) is 6.70. The van der Waals surface area contributed by atoms with Gasteiger partial charge in [-0.3, -0.25) is 4.90 Å². The van der Waals surface area contributed by atoms with E-state index >= 15 is 0 Å². The van der Waals surface area contributed by atoms with Crippen LogP contribution in [0.15, 0.2) is 30.5 Å². The Bertz CT molecular complexity index is 532. The highest BCUT2D eigenvalue weighted by Gasteiger charge is 2.25.